The maximum atomic E-state index is 2.45. The predicted molar refractivity (Wildman–Crippen MR) is 184 cm³/mol. The Hall–Kier alpha value is 0. The van der Waals surface area contributed by atoms with Crippen LogP contribution in [0.4, 0.5) is 0 Å². The first kappa shape index (κ1) is 38.0. The molecule has 0 aromatic rings. The summed E-state index contributed by atoms with van der Waals surface area (Å²) in [6, 6.07) is 0. The van der Waals surface area contributed by atoms with E-state index in [-0.39, 0.29) is 0 Å². The fourth-order valence-electron chi connectivity index (χ4n) is 8.90. The van der Waals surface area contributed by atoms with Crippen molar-refractivity contribution >= 4 is 0 Å². The summed E-state index contributed by atoms with van der Waals surface area (Å²) in [4.78, 5) is 0. The van der Waals surface area contributed by atoms with E-state index >= 15 is 0 Å². The van der Waals surface area contributed by atoms with Crippen molar-refractivity contribution in [2.24, 2.45) is 94.7 Å². The third kappa shape index (κ3) is 12.7. The number of hydrogen-bond acceptors (Lipinski definition) is 0. The molecule has 240 valence electrons. The summed E-state index contributed by atoms with van der Waals surface area (Å²) in [6.07, 6.45) is 11.8. The molecule has 0 aromatic heterocycles. The lowest BCUT2D eigenvalue weighted by Crippen LogP contribution is -2.25. The first-order valence-electron chi connectivity index (χ1n) is 18.4. The van der Waals surface area contributed by atoms with Gasteiger partial charge >= 0.3 is 0 Å². The minimum absolute atomic E-state index is 0.875. The lowest BCUT2D eigenvalue weighted by Gasteiger charge is -2.35. The van der Waals surface area contributed by atoms with Crippen LogP contribution in [-0.2, 0) is 0 Å². The van der Waals surface area contributed by atoms with E-state index in [9.17, 15) is 0 Å². The van der Waals surface area contributed by atoms with Crippen molar-refractivity contribution in [3.63, 3.8) is 0 Å². The van der Waals surface area contributed by atoms with Crippen molar-refractivity contribution < 1.29 is 0 Å². The van der Waals surface area contributed by atoms with Crippen LogP contribution in [0.3, 0.4) is 0 Å². The first-order chi connectivity index (χ1) is 18.4. The van der Waals surface area contributed by atoms with Gasteiger partial charge in [-0.25, -0.2) is 0 Å². The van der Waals surface area contributed by atoms with Crippen LogP contribution in [0.2, 0.25) is 0 Å². The fraction of sp³-hybridized carbons (Fsp3) is 1.00. The zero-order chi connectivity index (χ0) is 30.9. The van der Waals surface area contributed by atoms with Gasteiger partial charge in [0.2, 0.25) is 0 Å². The van der Waals surface area contributed by atoms with Gasteiger partial charge in [0.1, 0.15) is 0 Å². The summed E-state index contributed by atoms with van der Waals surface area (Å²) < 4.78 is 0. The molecule has 4 aliphatic rings. The molecule has 0 spiro atoms. The third-order valence-electron chi connectivity index (χ3n) is 13.0. The number of rotatable bonds is 3. The molecule has 4 rings (SSSR count). The molecule has 0 heteroatoms. The Morgan fingerprint density at radius 1 is 0.325 bits per heavy atom. The second-order valence-corrected chi connectivity index (χ2v) is 17.7. The predicted octanol–water partition coefficient (Wildman–Crippen LogP) is 13.3. The molecule has 4 fully saturated rings. The molecule has 40 heavy (non-hydrogen) atoms. The van der Waals surface area contributed by atoms with Crippen LogP contribution < -0.4 is 0 Å². The van der Waals surface area contributed by atoms with Crippen LogP contribution in [0, 0.1) is 94.7 Å². The Morgan fingerprint density at radius 3 is 0.675 bits per heavy atom. The molecule has 0 radical (unpaired) electrons. The topological polar surface area (TPSA) is 0 Å². The quantitative estimate of drug-likeness (QED) is 0.322. The zero-order valence-corrected chi connectivity index (χ0v) is 30.9. The summed E-state index contributed by atoms with van der Waals surface area (Å²) in [6.45, 7) is 38.0. The van der Waals surface area contributed by atoms with E-state index in [2.05, 4.69) is 111 Å². The highest BCUT2D eigenvalue weighted by Gasteiger charge is 2.38. The van der Waals surface area contributed by atoms with E-state index in [1.165, 1.54) is 51.4 Å². The van der Waals surface area contributed by atoms with Crippen molar-refractivity contribution in [1.82, 2.24) is 0 Å². The fourth-order valence-corrected chi connectivity index (χ4v) is 8.90. The molecule has 12 atom stereocenters. The van der Waals surface area contributed by atoms with Crippen molar-refractivity contribution in [2.75, 3.05) is 0 Å². The van der Waals surface area contributed by atoms with Crippen molar-refractivity contribution in [2.45, 2.75) is 162 Å². The van der Waals surface area contributed by atoms with Gasteiger partial charge in [-0.3, -0.25) is 0 Å². The van der Waals surface area contributed by atoms with Crippen LogP contribution in [0.5, 0.6) is 0 Å². The molecule has 0 aliphatic heterocycles. The normalized spacial score (nSPS) is 44.9. The lowest BCUT2D eigenvalue weighted by atomic mass is 9.71. The summed E-state index contributed by atoms with van der Waals surface area (Å²) in [7, 11) is 0. The maximum Gasteiger partial charge on any atom is -0.0380 e. The smallest absolute Gasteiger partial charge is 0.0380 e. The van der Waals surface area contributed by atoms with E-state index in [0.717, 1.165) is 94.7 Å². The molecule has 0 amide bonds. The Morgan fingerprint density at radius 2 is 0.525 bits per heavy atom. The highest BCUT2D eigenvalue weighted by atomic mass is 14.4. The van der Waals surface area contributed by atoms with Crippen LogP contribution >= 0.6 is 0 Å². The molecule has 0 saturated heterocycles. The van der Waals surface area contributed by atoms with Gasteiger partial charge < -0.3 is 0 Å². The second-order valence-electron chi connectivity index (χ2n) is 17.7. The Balaban J connectivity index is 0.000000276. The molecule has 4 aliphatic carbocycles. The molecule has 0 N–H and O–H groups in total. The van der Waals surface area contributed by atoms with Crippen LogP contribution in [-0.4, -0.2) is 0 Å². The summed E-state index contributed by atoms with van der Waals surface area (Å²) in [5, 5.41) is 0. The van der Waals surface area contributed by atoms with Gasteiger partial charge in [-0.15, -0.1) is 0 Å². The summed E-state index contributed by atoms with van der Waals surface area (Å²) in [5.41, 5.74) is 0. The van der Waals surface area contributed by atoms with E-state index in [0.29, 0.717) is 0 Å². The van der Waals surface area contributed by atoms with Gasteiger partial charge in [0.15, 0.2) is 0 Å². The SMILES string of the molecule is CC(C)CC(C)C.CC1CC(C)C(C)C1C.CC1CC(C)C(C)CC1C.CC1CC(C2CC(C)C(C)C2)CC1C. The lowest BCUT2D eigenvalue weighted by molar-refractivity contribution is 0.157. The van der Waals surface area contributed by atoms with Crippen molar-refractivity contribution in [3.05, 3.63) is 0 Å². The molecular weight excluding hydrogens is 480 g/mol. The zero-order valence-electron chi connectivity index (χ0n) is 30.9. The van der Waals surface area contributed by atoms with E-state index in [4.69, 9.17) is 0 Å². The molecular formula is C40H80. The second kappa shape index (κ2) is 18.0. The Kier molecular flexibility index (Phi) is 17.1. The van der Waals surface area contributed by atoms with Gasteiger partial charge in [0, 0.05) is 0 Å². The molecule has 4 saturated carbocycles. The molecule has 0 aromatic carbocycles. The average molecular weight is 561 g/mol. The van der Waals surface area contributed by atoms with Gasteiger partial charge in [0.05, 0.1) is 0 Å². The van der Waals surface area contributed by atoms with E-state index in [1.807, 2.05) is 0 Å². The third-order valence-corrected chi connectivity index (χ3v) is 13.0. The van der Waals surface area contributed by atoms with E-state index < -0.39 is 0 Å². The molecule has 0 heterocycles. The standard InChI is InChI=1S/C14H26.C10H20.C9H18.C7H16/c1-9-5-13(6-10(9)2)14-7-11(3)12(4)8-14;1-7-5-9(3)10(4)6-8(7)2;1-6-5-7(2)9(4)8(6)3;1-6(2)5-7(3)4/h9-14H,5-8H2,1-4H3;7-10H,5-6H2,1-4H3;6-9H,5H2,1-4H3;6-7H,5H2,1-4H3. The maximum absolute atomic E-state index is 2.45. The largest absolute Gasteiger partial charge is 0.0628 e. The van der Waals surface area contributed by atoms with Gasteiger partial charge in [0.25, 0.3) is 0 Å². The highest BCUT2D eigenvalue weighted by molar-refractivity contribution is 4.89. The average Bonchev–Trinajstić information content (AvgIpc) is 3.43. The van der Waals surface area contributed by atoms with Gasteiger partial charge in [-0.05, 0) is 146 Å². The Bertz CT molecular complexity index is 560. The first-order valence-corrected chi connectivity index (χ1v) is 18.4. The van der Waals surface area contributed by atoms with Crippen LogP contribution in [0.1, 0.15) is 162 Å². The number of hydrogen-bond donors (Lipinski definition) is 0. The van der Waals surface area contributed by atoms with Crippen molar-refractivity contribution in [1.29, 1.82) is 0 Å². The summed E-state index contributed by atoms with van der Waals surface area (Å²) in [5.74, 6) is 15.6. The van der Waals surface area contributed by atoms with E-state index in [1.54, 1.807) is 0 Å². The summed E-state index contributed by atoms with van der Waals surface area (Å²) >= 11 is 0. The van der Waals surface area contributed by atoms with Gasteiger partial charge in [-0.2, -0.15) is 0 Å². The molecule has 0 bridgehead atoms. The van der Waals surface area contributed by atoms with Gasteiger partial charge in [-0.1, -0.05) is 111 Å². The molecule has 12 unspecified atom stereocenters. The minimum atomic E-state index is 0.875. The van der Waals surface area contributed by atoms with Crippen molar-refractivity contribution in [3.8, 4) is 0 Å². The van der Waals surface area contributed by atoms with Crippen LogP contribution in [0.15, 0.2) is 0 Å². The monoisotopic (exact) mass is 561 g/mol. The minimum Gasteiger partial charge on any atom is -0.0628 e. The highest BCUT2D eigenvalue weighted by Crippen LogP contribution is 2.48. The molecule has 0 nitrogen and oxygen atoms in total. The Labute approximate surface area is 256 Å². The van der Waals surface area contributed by atoms with Crippen LogP contribution in [0.25, 0.3) is 0 Å².